The Hall–Kier alpha value is -3.63. The maximum atomic E-state index is 14.0. The van der Waals surface area contributed by atoms with Crippen LogP contribution in [0.25, 0.3) is 6.08 Å². The highest BCUT2D eigenvalue weighted by molar-refractivity contribution is 6.25. The minimum Gasteiger partial charge on any atom is -0.510 e. The number of ketones is 2. The molecule has 3 aliphatic rings. The smallest absolute Gasteiger partial charge is 0.255 e. The topological polar surface area (TPSA) is 165 Å². The molecule has 0 saturated carbocycles. The SMILES string of the molecule is CCC/C=C/c1cc(N(C)C)c2c(c1O)C(=O)C1=C(O)[C@]3(O)C(=O)C(C(N)=O)=C(O)[C@@H](N(C)C)[C@@H]3C[C@@H]1C2. The Morgan fingerprint density at radius 3 is 2.39 bits per heavy atom. The number of nitrogens with two attached hydrogens (primary N) is 1. The number of aliphatic hydroxyl groups is 3. The van der Waals surface area contributed by atoms with E-state index in [4.69, 9.17) is 5.73 Å². The molecule has 10 nitrogen and oxygen atoms in total. The summed E-state index contributed by atoms with van der Waals surface area (Å²) in [6.45, 7) is 2.02. The van der Waals surface area contributed by atoms with Gasteiger partial charge in [-0.25, -0.2) is 0 Å². The summed E-state index contributed by atoms with van der Waals surface area (Å²) in [4.78, 5) is 42.8. The summed E-state index contributed by atoms with van der Waals surface area (Å²) in [5.74, 6) is -6.55. The molecule has 1 aromatic carbocycles. The van der Waals surface area contributed by atoms with E-state index in [1.54, 1.807) is 20.2 Å². The van der Waals surface area contributed by atoms with Gasteiger partial charge >= 0.3 is 0 Å². The van der Waals surface area contributed by atoms with Crippen LogP contribution in [0.1, 0.15) is 47.7 Å². The van der Waals surface area contributed by atoms with Crippen LogP contribution in [0.3, 0.4) is 0 Å². The zero-order valence-corrected chi connectivity index (χ0v) is 22.3. The summed E-state index contributed by atoms with van der Waals surface area (Å²) in [6, 6.07) is 0.787. The van der Waals surface area contributed by atoms with Crippen molar-refractivity contribution in [2.75, 3.05) is 33.1 Å². The number of phenolic OH excluding ortho intramolecular Hbond substituents is 1. The number of nitrogens with zero attached hydrogens (tertiary/aromatic N) is 2. The molecule has 4 atom stereocenters. The number of carbonyl (C=O) groups excluding carboxylic acids is 3. The third kappa shape index (κ3) is 3.82. The maximum absolute atomic E-state index is 14.0. The van der Waals surface area contributed by atoms with E-state index in [2.05, 4.69) is 0 Å². The number of likely N-dealkylation sites (N-methyl/N-ethyl adjacent to an activating group) is 1. The number of anilines is 1. The Bertz CT molecular complexity index is 1320. The molecule has 4 rings (SSSR count). The number of carbonyl (C=O) groups is 3. The van der Waals surface area contributed by atoms with Gasteiger partial charge in [-0.15, -0.1) is 0 Å². The summed E-state index contributed by atoms with van der Waals surface area (Å²) in [5, 5.41) is 45.2. The first-order chi connectivity index (χ1) is 17.8. The molecule has 0 saturated heterocycles. The number of aliphatic hydroxyl groups excluding tert-OH is 2. The second kappa shape index (κ2) is 9.59. The number of allylic oxidation sites excluding steroid dienone is 2. The lowest BCUT2D eigenvalue weighted by atomic mass is 9.58. The number of benzene rings is 1. The van der Waals surface area contributed by atoms with Gasteiger partial charge in [-0.1, -0.05) is 25.5 Å². The van der Waals surface area contributed by atoms with Crippen LogP contribution in [0.2, 0.25) is 0 Å². The van der Waals surface area contributed by atoms with Gasteiger partial charge in [0.15, 0.2) is 11.4 Å². The Morgan fingerprint density at radius 2 is 1.84 bits per heavy atom. The van der Waals surface area contributed by atoms with Gasteiger partial charge in [0.2, 0.25) is 5.78 Å². The molecule has 6 N–H and O–H groups in total. The molecule has 0 unspecified atom stereocenters. The zero-order chi connectivity index (χ0) is 28.3. The van der Waals surface area contributed by atoms with E-state index in [1.807, 2.05) is 38.1 Å². The number of fused-ring (bicyclic) bond motifs is 3. The molecule has 10 heteroatoms. The van der Waals surface area contributed by atoms with Crippen molar-refractivity contribution >= 4 is 29.2 Å². The number of rotatable bonds is 6. The minimum atomic E-state index is -2.65. The fourth-order valence-electron chi connectivity index (χ4n) is 6.22. The molecule has 204 valence electrons. The van der Waals surface area contributed by atoms with Gasteiger partial charge in [0.05, 0.1) is 11.6 Å². The van der Waals surface area contributed by atoms with Gasteiger partial charge < -0.3 is 31.1 Å². The quantitative estimate of drug-likeness (QED) is 0.349. The molecular weight excluding hydrogens is 490 g/mol. The van der Waals surface area contributed by atoms with Crippen molar-refractivity contribution in [1.29, 1.82) is 0 Å². The summed E-state index contributed by atoms with van der Waals surface area (Å²) in [7, 11) is 6.86. The standard InChI is InChI=1S/C28H35N3O7/c1-6-7-8-9-13-12-17(30(2)3)15-10-14-11-16-21(31(4)5)24(34)20(27(29)37)26(36)28(16,38)25(35)18(14)23(33)19(15)22(13)32/h8-9,12,14,16,21,32,34-35,38H,6-7,10-11H2,1-5H3,(H2,29,37)/b9-8+/t14-,16-,21-,28-/m0/s1. The number of amides is 1. The van der Waals surface area contributed by atoms with Crippen molar-refractivity contribution in [3.05, 3.63) is 51.5 Å². The van der Waals surface area contributed by atoms with E-state index < -0.39 is 58.0 Å². The molecule has 0 bridgehead atoms. The zero-order valence-electron chi connectivity index (χ0n) is 22.3. The normalized spacial score (nSPS) is 27.1. The van der Waals surface area contributed by atoms with Crippen LogP contribution < -0.4 is 10.6 Å². The molecular formula is C28H35N3O7. The first-order valence-electron chi connectivity index (χ1n) is 12.7. The fourth-order valence-corrected chi connectivity index (χ4v) is 6.22. The van der Waals surface area contributed by atoms with Gasteiger partial charge in [0.1, 0.15) is 22.8 Å². The Kier molecular flexibility index (Phi) is 6.92. The number of hydrogen-bond acceptors (Lipinski definition) is 9. The average molecular weight is 526 g/mol. The molecule has 0 aromatic heterocycles. The molecule has 0 radical (unpaired) electrons. The van der Waals surface area contributed by atoms with Crippen LogP contribution in [-0.4, -0.2) is 82.6 Å². The highest BCUT2D eigenvalue weighted by Gasteiger charge is 2.63. The van der Waals surface area contributed by atoms with Gasteiger partial charge in [-0.3, -0.25) is 19.3 Å². The number of unbranched alkanes of at least 4 members (excludes halogenated alkanes) is 1. The van der Waals surface area contributed by atoms with Gasteiger partial charge in [-0.2, -0.15) is 0 Å². The van der Waals surface area contributed by atoms with Crippen LogP contribution in [-0.2, 0) is 16.0 Å². The number of Topliss-reactive ketones (excluding diaryl/α,β-unsaturated/α-hetero) is 2. The molecule has 0 heterocycles. The average Bonchev–Trinajstić information content (AvgIpc) is 2.82. The minimum absolute atomic E-state index is 0.00753. The van der Waals surface area contributed by atoms with Crippen LogP contribution in [0.4, 0.5) is 5.69 Å². The molecule has 1 amide bonds. The maximum Gasteiger partial charge on any atom is 0.255 e. The predicted octanol–water partition coefficient (Wildman–Crippen LogP) is 2.00. The van der Waals surface area contributed by atoms with Crippen LogP contribution in [0.15, 0.2) is 34.8 Å². The van der Waals surface area contributed by atoms with E-state index in [1.165, 1.54) is 4.90 Å². The first kappa shape index (κ1) is 27.4. The second-order valence-corrected chi connectivity index (χ2v) is 10.7. The summed E-state index contributed by atoms with van der Waals surface area (Å²) in [6.07, 6.45) is 5.62. The molecule has 0 aliphatic heterocycles. The van der Waals surface area contributed by atoms with Crippen LogP contribution in [0.5, 0.6) is 5.75 Å². The van der Waals surface area contributed by atoms with Crippen molar-refractivity contribution in [3.8, 4) is 5.75 Å². The van der Waals surface area contributed by atoms with E-state index >= 15 is 0 Å². The number of aromatic hydroxyl groups is 1. The van der Waals surface area contributed by atoms with Gasteiger partial charge in [0.25, 0.3) is 5.91 Å². The number of phenols is 1. The number of primary amides is 1. The fraction of sp³-hybridized carbons (Fsp3) is 0.464. The summed E-state index contributed by atoms with van der Waals surface area (Å²) in [5.41, 5.74) is 3.50. The second-order valence-electron chi connectivity index (χ2n) is 10.7. The van der Waals surface area contributed by atoms with Crippen molar-refractivity contribution in [1.82, 2.24) is 4.90 Å². The van der Waals surface area contributed by atoms with Crippen LogP contribution >= 0.6 is 0 Å². The van der Waals surface area contributed by atoms with E-state index in [0.29, 0.717) is 11.1 Å². The lowest BCUT2D eigenvalue weighted by molar-refractivity contribution is -0.148. The largest absolute Gasteiger partial charge is 0.510 e. The Labute approximate surface area is 221 Å². The summed E-state index contributed by atoms with van der Waals surface area (Å²) >= 11 is 0. The highest BCUT2D eigenvalue weighted by atomic mass is 16.3. The van der Waals surface area contributed by atoms with Gasteiger partial charge in [0, 0.05) is 36.8 Å². The van der Waals surface area contributed by atoms with E-state index in [9.17, 15) is 34.8 Å². The third-order valence-electron chi connectivity index (χ3n) is 7.96. The van der Waals surface area contributed by atoms with E-state index in [-0.39, 0.29) is 29.7 Å². The van der Waals surface area contributed by atoms with Crippen molar-refractivity contribution in [2.24, 2.45) is 17.6 Å². The Balaban J connectivity index is 1.96. The molecule has 0 fully saturated rings. The number of hydrogen-bond donors (Lipinski definition) is 5. The molecule has 1 aromatic rings. The molecule has 38 heavy (non-hydrogen) atoms. The first-order valence-corrected chi connectivity index (χ1v) is 12.7. The third-order valence-corrected chi connectivity index (χ3v) is 7.96. The molecule has 3 aliphatic carbocycles. The summed E-state index contributed by atoms with van der Waals surface area (Å²) < 4.78 is 0. The molecule has 0 spiro atoms. The van der Waals surface area contributed by atoms with Crippen molar-refractivity contribution in [2.45, 2.75) is 44.2 Å². The highest BCUT2D eigenvalue weighted by Crippen LogP contribution is 2.53. The lowest BCUT2D eigenvalue weighted by Gasteiger charge is -2.50. The monoisotopic (exact) mass is 525 g/mol. The Morgan fingerprint density at radius 1 is 1.18 bits per heavy atom. The van der Waals surface area contributed by atoms with E-state index in [0.717, 1.165) is 18.5 Å². The lowest BCUT2D eigenvalue weighted by Crippen LogP contribution is -2.63. The van der Waals surface area contributed by atoms with Crippen molar-refractivity contribution in [3.63, 3.8) is 0 Å². The van der Waals surface area contributed by atoms with Gasteiger partial charge in [-0.05, 0) is 50.9 Å². The van der Waals surface area contributed by atoms with Crippen LogP contribution in [0, 0.1) is 11.8 Å². The van der Waals surface area contributed by atoms with Crippen molar-refractivity contribution < 1.29 is 34.8 Å². The predicted molar refractivity (Wildman–Crippen MR) is 142 cm³/mol.